The zero-order valence-electron chi connectivity index (χ0n) is 10.3. The summed E-state index contributed by atoms with van der Waals surface area (Å²) in [7, 11) is -3.64. The van der Waals surface area contributed by atoms with Crippen molar-refractivity contribution in [1.29, 1.82) is 0 Å². The fourth-order valence-corrected chi connectivity index (χ4v) is 4.68. The molecule has 0 radical (unpaired) electrons. The number of nitrogens with one attached hydrogen (secondary N) is 2. The van der Waals surface area contributed by atoms with Gasteiger partial charge in [0, 0.05) is 29.7 Å². The van der Waals surface area contributed by atoms with Crippen molar-refractivity contribution in [2.45, 2.75) is 24.0 Å². The summed E-state index contributed by atoms with van der Waals surface area (Å²) in [6.07, 6.45) is 1.69. The van der Waals surface area contributed by atoms with Crippen LogP contribution in [0.4, 0.5) is 0 Å². The van der Waals surface area contributed by atoms with Crippen molar-refractivity contribution in [2.75, 3.05) is 6.54 Å². The SMILES string of the molecule is Cc1[nH]c(=O)sc1S(=O)(=O)NCC(C)c1nccs1. The molecule has 0 amide bonds. The van der Waals surface area contributed by atoms with E-state index in [-0.39, 0.29) is 21.5 Å². The van der Waals surface area contributed by atoms with Crippen molar-refractivity contribution in [1.82, 2.24) is 14.7 Å². The standard InChI is InChI=1S/C10H13N3O3S3/c1-6(8-11-3-4-17-8)5-12-19(15,16)9-7(2)13-10(14)18-9/h3-4,6,12H,5H2,1-2H3,(H,13,14). The molecular weight excluding hydrogens is 306 g/mol. The van der Waals surface area contributed by atoms with Gasteiger partial charge in [-0.3, -0.25) is 4.79 Å². The first-order valence-corrected chi connectivity index (χ1v) is 8.67. The third-order valence-corrected chi connectivity index (χ3v) is 6.51. The number of aromatic amines is 1. The first kappa shape index (κ1) is 14.4. The number of hydrogen-bond acceptors (Lipinski definition) is 6. The van der Waals surface area contributed by atoms with E-state index in [1.54, 1.807) is 13.1 Å². The lowest BCUT2D eigenvalue weighted by Crippen LogP contribution is -2.27. The van der Waals surface area contributed by atoms with Crippen LogP contribution in [0.5, 0.6) is 0 Å². The molecule has 2 N–H and O–H groups in total. The Labute approximate surface area is 118 Å². The quantitative estimate of drug-likeness (QED) is 0.868. The smallest absolute Gasteiger partial charge is 0.305 e. The molecule has 104 valence electrons. The van der Waals surface area contributed by atoms with Crippen molar-refractivity contribution < 1.29 is 8.42 Å². The average molecular weight is 319 g/mol. The molecule has 2 heterocycles. The number of thiazole rings is 2. The zero-order chi connectivity index (χ0) is 14.0. The van der Waals surface area contributed by atoms with Crippen molar-refractivity contribution >= 4 is 32.7 Å². The lowest BCUT2D eigenvalue weighted by molar-refractivity contribution is 0.576. The molecule has 19 heavy (non-hydrogen) atoms. The van der Waals surface area contributed by atoms with Gasteiger partial charge in [-0.25, -0.2) is 18.1 Å². The van der Waals surface area contributed by atoms with Crippen LogP contribution in [-0.4, -0.2) is 24.9 Å². The maximum atomic E-state index is 12.1. The average Bonchev–Trinajstić information content (AvgIpc) is 2.96. The van der Waals surface area contributed by atoms with Crippen molar-refractivity contribution in [2.24, 2.45) is 0 Å². The number of rotatable bonds is 5. The summed E-state index contributed by atoms with van der Waals surface area (Å²) in [4.78, 5) is 17.4. The second-order valence-corrected chi connectivity index (χ2v) is 7.92. The molecule has 0 spiro atoms. The molecule has 0 saturated heterocycles. The van der Waals surface area contributed by atoms with Gasteiger partial charge >= 0.3 is 4.87 Å². The van der Waals surface area contributed by atoms with Gasteiger partial charge in [0.2, 0.25) is 0 Å². The summed E-state index contributed by atoms with van der Waals surface area (Å²) in [5, 5.41) is 2.73. The molecule has 6 nitrogen and oxygen atoms in total. The number of sulfonamides is 1. The minimum Gasteiger partial charge on any atom is -0.315 e. The monoisotopic (exact) mass is 319 g/mol. The van der Waals surface area contributed by atoms with Crippen LogP contribution >= 0.6 is 22.7 Å². The third kappa shape index (κ3) is 3.30. The molecule has 2 aromatic rings. The number of hydrogen-bond donors (Lipinski definition) is 2. The molecule has 0 aliphatic rings. The zero-order valence-corrected chi connectivity index (χ0v) is 12.8. The van der Waals surface area contributed by atoms with Crippen molar-refractivity contribution in [3.63, 3.8) is 0 Å². The molecule has 2 aromatic heterocycles. The van der Waals surface area contributed by atoms with E-state index in [9.17, 15) is 13.2 Å². The van der Waals surface area contributed by atoms with Crippen LogP contribution in [0.25, 0.3) is 0 Å². The van der Waals surface area contributed by atoms with Crippen LogP contribution in [0, 0.1) is 6.92 Å². The topological polar surface area (TPSA) is 91.9 Å². The van der Waals surface area contributed by atoms with Gasteiger partial charge in [-0.2, -0.15) is 0 Å². The Kier molecular flexibility index (Phi) is 4.19. The van der Waals surface area contributed by atoms with E-state index >= 15 is 0 Å². The predicted molar refractivity (Wildman–Crippen MR) is 75.4 cm³/mol. The number of H-pyrrole nitrogens is 1. The number of aromatic nitrogens is 2. The highest BCUT2D eigenvalue weighted by Crippen LogP contribution is 2.19. The fourth-order valence-electron chi connectivity index (χ4n) is 1.51. The Balaban J connectivity index is 2.10. The van der Waals surface area contributed by atoms with Gasteiger partial charge in [0.25, 0.3) is 10.0 Å². The van der Waals surface area contributed by atoms with Gasteiger partial charge in [0.1, 0.15) is 0 Å². The van der Waals surface area contributed by atoms with Gasteiger partial charge in [-0.15, -0.1) is 11.3 Å². The largest absolute Gasteiger partial charge is 0.315 e. The van der Waals surface area contributed by atoms with E-state index in [0.717, 1.165) is 5.01 Å². The molecule has 0 aliphatic heterocycles. The summed E-state index contributed by atoms with van der Waals surface area (Å²) in [6, 6.07) is 0. The first-order valence-electron chi connectivity index (χ1n) is 5.49. The second kappa shape index (κ2) is 5.53. The molecule has 1 unspecified atom stereocenters. The molecule has 1 atom stereocenters. The Morgan fingerprint density at radius 3 is 2.79 bits per heavy atom. The molecule has 0 aromatic carbocycles. The summed E-state index contributed by atoms with van der Waals surface area (Å²) < 4.78 is 26.7. The van der Waals surface area contributed by atoms with Crippen LogP contribution in [0.15, 0.2) is 20.6 Å². The van der Waals surface area contributed by atoms with E-state index in [1.165, 1.54) is 11.3 Å². The van der Waals surface area contributed by atoms with E-state index in [4.69, 9.17) is 0 Å². The number of aryl methyl sites for hydroxylation is 1. The van der Waals surface area contributed by atoms with E-state index in [2.05, 4.69) is 14.7 Å². The Morgan fingerprint density at radius 1 is 1.53 bits per heavy atom. The molecule has 0 saturated carbocycles. The summed E-state index contributed by atoms with van der Waals surface area (Å²) in [6.45, 7) is 3.71. The van der Waals surface area contributed by atoms with E-state index in [0.29, 0.717) is 17.0 Å². The molecule has 0 aliphatic carbocycles. The van der Waals surface area contributed by atoms with Crippen LogP contribution in [-0.2, 0) is 10.0 Å². The van der Waals surface area contributed by atoms with Gasteiger partial charge in [-0.05, 0) is 6.92 Å². The lowest BCUT2D eigenvalue weighted by Gasteiger charge is -2.09. The molecular formula is C10H13N3O3S3. The van der Waals surface area contributed by atoms with Crippen LogP contribution in [0.1, 0.15) is 23.5 Å². The van der Waals surface area contributed by atoms with Gasteiger partial charge in [-0.1, -0.05) is 18.3 Å². The van der Waals surface area contributed by atoms with Crippen molar-refractivity contribution in [3.8, 4) is 0 Å². The minimum atomic E-state index is -3.64. The Bertz CT molecular complexity index is 700. The fraction of sp³-hybridized carbons (Fsp3) is 0.400. The minimum absolute atomic E-state index is 0.00857. The summed E-state index contributed by atoms with van der Waals surface area (Å²) >= 11 is 2.18. The third-order valence-electron chi connectivity index (χ3n) is 2.48. The predicted octanol–water partition coefficient (Wildman–Crippen LogP) is 1.28. The number of nitrogens with zero attached hydrogens (tertiary/aromatic N) is 1. The molecule has 0 bridgehead atoms. The first-order chi connectivity index (χ1) is 8.90. The highest BCUT2D eigenvalue weighted by atomic mass is 32.2. The van der Waals surface area contributed by atoms with E-state index < -0.39 is 10.0 Å². The van der Waals surface area contributed by atoms with Crippen LogP contribution < -0.4 is 9.60 Å². The lowest BCUT2D eigenvalue weighted by atomic mass is 10.2. The van der Waals surface area contributed by atoms with Gasteiger partial charge < -0.3 is 4.98 Å². The van der Waals surface area contributed by atoms with E-state index in [1.807, 2.05) is 12.3 Å². The van der Waals surface area contributed by atoms with Crippen molar-refractivity contribution in [3.05, 3.63) is 31.9 Å². The van der Waals surface area contributed by atoms with Gasteiger partial charge in [0.05, 0.1) is 5.01 Å². The van der Waals surface area contributed by atoms with Gasteiger partial charge in [0.15, 0.2) is 4.21 Å². The molecule has 2 rings (SSSR count). The van der Waals surface area contributed by atoms with Crippen LogP contribution in [0.3, 0.4) is 0 Å². The normalized spacial score (nSPS) is 13.6. The highest BCUT2D eigenvalue weighted by molar-refractivity contribution is 7.91. The summed E-state index contributed by atoms with van der Waals surface area (Å²) in [5.74, 6) is -0.00857. The Morgan fingerprint density at radius 2 is 2.26 bits per heavy atom. The summed E-state index contributed by atoms with van der Waals surface area (Å²) in [5.41, 5.74) is 0.365. The molecule has 9 heteroatoms. The highest BCUT2D eigenvalue weighted by Gasteiger charge is 2.21. The maximum Gasteiger partial charge on any atom is 0.305 e. The molecule has 0 fully saturated rings. The second-order valence-electron chi connectivity index (χ2n) is 4.05. The van der Waals surface area contributed by atoms with Crippen LogP contribution in [0.2, 0.25) is 0 Å². The Hall–Kier alpha value is -1.03. The maximum absolute atomic E-state index is 12.1.